The number of hydrogen-bond acceptors (Lipinski definition) is 5. The van der Waals surface area contributed by atoms with Crippen molar-refractivity contribution < 1.29 is 19.1 Å². The molecule has 1 unspecified atom stereocenters. The molecule has 7 nitrogen and oxygen atoms in total. The average molecular weight is 397 g/mol. The van der Waals surface area contributed by atoms with Crippen molar-refractivity contribution >= 4 is 17.5 Å². The van der Waals surface area contributed by atoms with Crippen molar-refractivity contribution in [3.63, 3.8) is 0 Å². The van der Waals surface area contributed by atoms with Crippen LogP contribution in [0.15, 0.2) is 48.5 Å². The minimum absolute atomic E-state index is 0.0349. The van der Waals surface area contributed by atoms with Gasteiger partial charge in [-0.2, -0.15) is 0 Å². The SMILES string of the molecule is COc1ccc(NC(=O)C(C)N2CCN(C(=O)c3ccccc3)CC2)cc1OC. The van der Waals surface area contributed by atoms with E-state index in [0.717, 1.165) is 0 Å². The number of rotatable bonds is 6. The zero-order valence-electron chi connectivity index (χ0n) is 17.1. The van der Waals surface area contributed by atoms with Crippen molar-refractivity contribution in [2.75, 3.05) is 45.7 Å². The van der Waals surface area contributed by atoms with Gasteiger partial charge in [-0.05, 0) is 31.2 Å². The molecule has 0 spiro atoms. The highest BCUT2D eigenvalue weighted by atomic mass is 16.5. The molecule has 2 aromatic carbocycles. The Morgan fingerprint density at radius 3 is 2.21 bits per heavy atom. The van der Waals surface area contributed by atoms with Crippen LogP contribution in [-0.2, 0) is 4.79 Å². The summed E-state index contributed by atoms with van der Waals surface area (Å²) in [5.74, 6) is 1.11. The highest BCUT2D eigenvalue weighted by Crippen LogP contribution is 2.29. The van der Waals surface area contributed by atoms with Crippen molar-refractivity contribution in [1.29, 1.82) is 0 Å². The lowest BCUT2D eigenvalue weighted by molar-refractivity contribution is -0.121. The first-order valence-corrected chi connectivity index (χ1v) is 9.64. The summed E-state index contributed by atoms with van der Waals surface area (Å²) < 4.78 is 10.5. The second-order valence-corrected chi connectivity index (χ2v) is 6.93. The maximum Gasteiger partial charge on any atom is 0.253 e. The van der Waals surface area contributed by atoms with Gasteiger partial charge in [-0.1, -0.05) is 18.2 Å². The normalized spacial score (nSPS) is 15.5. The number of carbonyl (C=O) groups is 2. The zero-order valence-corrected chi connectivity index (χ0v) is 17.1. The van der Waals surface area contributed by atoms with Gasteiger partial charge in [0.1, 0.15) is 0 Å². The van der Waals surface area contributed by atoms with Crippen LogP contribution in [0.4, 0.5) is 5.69 Å². The number of nitrogens with zero attached hydrogens (tertiary/aromatic N) is 2. The first-order chi connectivity index (χ1) is 14.0. The number of amides is 2. The van der Waals surface area contributed by atoms with Gasteiger partial charge >= 0.3 is 0 Å². The molecule has 0 aromatic heterocycles. The minimum Gasteiger partial charge on any atom is -0.493 e. The Balaban J connectivity index is 1.55. The smallest absolute Gasteiger partial charge is 0.253 e. The van der Waals surface area contributed by atoms with Gasteiger partial charge in [0.2, 0.25) is 5.91 Å². The number of hydrogen-bond donors (Lipinski definition) is 1. The van der Waals surface area contributed by atoms with Crippen molar-refractivity contribution in [3.8, 4) is 11.5 Å². The molecule has 29 heavy (non-hydrogen) atoms. The Kier molecular flexibility index (Phi) is 6.72. The van der Waals surface area contributed by atoms with Crippen molar-refractivity contribution in [1.82, 2.24) is 9.80 Å². The number of benzene rings is 2. The summed E-state index contributed by atoms with van der Waals surface area (Å²) in [7, 11) is 3.13. The van der Waals surface area contributed by atoms with Crippen LogP contribution in [0.1, 0.15) is 17.3 Å². The predicted octanol–water partition coefficient (Wildman–Crippen LogP) is 2.49. The van der Waals surface area contributed by atoms with Crippen LogP contribution in [-0.4, -0.2) is 68.1 Å². The Morgan fingerprint density at radius 1 is 0.931 bits per heavy atom. The summed E-state index contributed by atoms with van der Waals surface area (Å²) in [5.41, 5.74) is 1.34. The summed E-state index contributed by atoms with van der Waals surface area (Å²) in [6.07, 6.45) is 0. The summed E-state index contributed by atoms with van der Waals surface area (Å²) in [5, 5.41) is 2.93. The van der Waals surface area contributed by atoms with Gasteiger partial charge in [0.05, 0.1) is 20.3 Å². The molecule has 1 heterocycles. The van der Waals surface area contributed by atoms with E-state index in [-0.39, 0.29) is 17.9 Å². The molecule has 1 aliphatic rings. The fourth-order valence-electron chi connectivity index (χ4n) is 3.40. The molecule has 0 radical (unpaired) electrons. The second-order valence-electron chi connectivity index (χ2n) is 6.93. The lowest BCUT2D eigenvalue weighted by Gasteiger charge is -2.37. The third-order valence-electron chi connectivity index (χ3n) is 5.20. The van der Waals surface area contributed by atoms with E-state index in [2.05, 4.69) is 10.2 Å². The first-order valence-electron chi connectivity index (χ1n) is 9.64. The zero-order chi connectivity index (χ0) is 20.8. The number of ether oxygens (including phenoxy) is 2. The predicted molar refractivity (Wildman–Crippen MR) is 112 cm³/mol. The van der Waals surface area contributed by atoms with Gasteiger partial charge < -0.3 is 19.7 Å². The van der Waals surface area contributed by atoms with Crippen LogP contribution >= 0.6 is 0 Å². The Hall–Kier alpha value is -3.06. The van der Waals surface area contributed by atoms with Gasteiger partial charge in [0.15, 0.2) is 11.5 Å². The Morgan fingerprint density at radius 2 is 1.59 bits per heavy atom. The highest BCUT2D eigenvalue weighted by Gasteiger charge is 2.28. The van der Waals surface area contributed by atoms with E-state index >= 15 is 0 Å². The molecule has 154 valence electrons. The fourth-order valence-corrected chi connectivity index (χ4v) is 3.40. The minimum atomic E-state index is -0.308. The van der Waals surface area contributed by atoms with Gasteiger partial charge in [-0.25, -0.2) is 0 Å². The lowest BCUT2D eigenvalue weighted by Crippen LogP contribution is -2.54. The molecule has 0 aliphatic carbocycles. The van der Waals surface area contributed by atoms with Crippen LogP contribution < -0.4 is 14.8 Å². The standard InChI is InChI=1S/C22H27N3O4/c1-16(21(26)23-18-9-10-19(28-2)20(15-18)29-3)24-11-13-25(14-12-24)22(27)17-7-5-4-6-8-17/h4-10,15-16H,11-14H2,1-3H3,(H,23,26). The summed E-state index contributed by atoms with van der Waals surface area (Å²) in [6, 6.07) is 14.2. The fraction of sp³-hybridized carbons (Fsp3) is 0.364. The van der Waals surface area contributed by atoms with Crippen molar-refractivity contribution in [2.45, 2.75) is 13.0 Å². The number of carbonyl (C=O) groups excluding carboxylic acids is 2. The second kappa shape index (κ2) is 9.43. The first kappa shape index (κ1) is 20.7. The van der Waals surface area contributed by atoms with Crippen LogP contribution in [0.5, 0.6) is 11.5 Å². The van der Waals surface area contributed by atoms with E-state index in [1.54, 1.807) is 32.4 Å². The highest BCUT2D eigenvalue weighted by molar-refractivity contribution is 5.95. The van der Waals surface area contributed by atoms with Crippen molar-refractivity contribution in [3.05, 3.63) is 54.1 Å². The molecule has 0 bridgehead atoms. The molecule has 2 amide bonds. The van der Waals surface area contributed by atoms with Crippen molar-refractivity contribution in [2.24, 2.45) is 0 Å². The van der Waals surface area contributed by atoms with Gasteiger partial charge in [0.25, 0.3) is 5.91 Å². The maximum absolute atomic E-state index is 12.7. The number of anilines is 1. The molecule has 1 saturated heterocycles. The van der Waals surface area contributed by atoms with E-state index in [1.807, 2.05) is 42.2 Å². The molecule has 2 aromatic rings. The van der Waals surface area contributed by atoms with Crippen LogP contribution in [0.3, 0.4) is 0 Å². The molecule has 1 aliphatic heterocycles. The van der Waals surface area contributed by atoms with E-state index in [4.69, 9.17) is 9.47 Å². The van der Waals surface area contributed by atoms with E-state index < -0.39 is 0 Å². The third-order valence-corrected chi connectivity index (χ3v) is 5.20. The molecule has 7 heteroatoms. The molecular weight excluding hydrogens is 370 g/mol. The largest absolute Gasteiger partial charge is 0.493 e. The molecule has 3 rings (SSSR count). The Bertz CT molecular complexity index is 848. The number of methoxy groups -OCH3 is 2. The van der Waals surface area contributed by atoms with Crippen LogP contribution in [0.25, 0.3) is 0 Å². The molecule has 1 N–H and O–H groups in total. The maximum atomic E-state index is 12.7. The Labute approximate surface area is 171 Å². The molecule has 0 saturated carbocycles. The summed E-state index contributed by atoms with van der Waals surface area (Å²) in [4.78, 5) is 29.2. The van der Waals surface area contributed by atoms with Crippen LogP contribution in [0, 0.1) is 0 Å². The molecular formula is C22H27N3O4. The van der Waals surface area contributed by atoms with Gasteiger partial charge in [0, 0.05) is 43.5 Å². The van der Waals surface area contributed by atoms with E-state index in [1.165, 1.54) is 0 Å². The van der Waals surface area contributed by atoms with E-state index in [9.17, 15) is 9.59 Å². The number of nitrogens with one attached hydrogen (secondary N) is 1. The van der Waals surface area contributed by atoms with Gasteiger partial charge in [-0.15, -0.1) is 0 Å². The van der Waals surface area contributed by atoms with Crippen LogP contribution in [0.2, 0.25) is 0 Å². The summed E-state index contributed by atoms with van der Waals surface area (Å²) >= 11 is 0. The molecule has 1 fully saturated rings. The summed E-state index contributed by atoms with van der Waals surface area (Å²) in [6.45, 7) is 4.38. The monoisotopic (exact) mass is 397 g/mol. The molecule has 1 atom stereocenters. The number of piperazine rings is 1. The van der Waals surface area contributed by atoms with E-state index in [0.29, 0.717) is 48.9 Å². The third kappa shape index (κ3) is 4.86. The van der Waals surface area contributed by atoms with Gasteiger partial charge in [-0.3, -0.25) is 14.5 Å². The quantitative estimate of drug-likeness (QED) is 0.811. The topological polar surface area (TPSA) is 71.1 Å². The average Bonchev–Trinajstić information content (AvgIpc) is 2.78. The lowest BCUT2D eigenvalue weighted by atomic mass is 10.1.